The molecule has 0 spiro atoms. The molecule has 1 aromatic heterocycles. The second kappa shape index (κ2) is 3.75. The highest BCUT2D eigenvalue weighted by Crippen LogP contribution is 2.01. The smallest absolute Gasteiger partial charge is 0.303 e. The molecule has 3 N–H and O–H groups in total. The largest absolute Gasteiger partial charge is 0.481 e. The van der Waals surface area contributed by atoms with E-state index in [1.807, 2.05) is 0 Å². The lowest BCUT2D eigenvalue weighted by atomic mass is 10.3. The fourth-order valence-electron chi connectivity index (χ4n) is 0.930. The van der Waals surface area contributed by atoms with E-state index in [-0.39, 0.29) is 6.42 Å². The molecule has 12 heavy (non-hydrogen) atoms. The van der Waals surface area contributed by atoms with Crippen molar-refractivity contribution in [3.05, 3.63) is 12.4 Å². The van der Waals surface area contributed by atoms with Crippen molar-refractivity contribution in [2.24, 2.45) is 0 Å². The minimum Gasteiger partial charge on any atom is -0.481 e. The molecule has 1 heterocycles. The summed E-state index contributed by atoms with van der Waals surface area (Å²) in [5, 5.41) is 8.36. The Kier molecular flexibility index (Phi) is 2.68. The number of hydrogen-bond donors (Lipinski definition) is 2. The molecule has 0 atom stereocenters. The van der Waals surface area contributed by atoms with Crippen molar-refractivity contribution in [2.75, 3.05) is 5.73 Å². The summed E-state index contributed by atoms with van der Waals surface area (Å²) in [6, 6.07) is 0. The molecule has 0 bridgehead atoms. The van der Waals surface area contributed by atoms with Crippen LogP contribution in [0.4, 0.5) is 5.95 Å². The van der Waals surface area contributed by atoms with Crippen LogP contribution in [0.2, 0.25) is 0 Å². The average molecular weight is 169 g/mol. The molecule has 0 aliphatic carbocycles. The summed E-state index contributed by atoms with van der Waals surface area (Å²) < 4.78 is 1.73. The van der Waals surface area contributed by atoms with Gasteiger partial charge in [-0.2, -0.15) is 0 Å². The van der Waals surface area contributed by atoms with E-state index in [2.05, 4.69) is 4.98 Å². The number of imidazole rings is 1. The van der Waals surface area contributed by atoms with Crippen LogP contribution in [0.15, 0.2) is 12.4 Å². The van der Waals surface area contributed by atoms with E-state index in [0.29, 0.717) is 18.9 Å². The Morgan fingerprint density at radius 1 is 1.75 bits per heavy atom. The molecule has 0 unspecified atom stereocenters. The quantitative estimate of drug-likeness (QED) is 0.680. The molecule has 0 fully saturated rings. The van der Waals surface area contributed by atoms with E-state index in [9.17, 15) is 4.79 Å². The van der Waals surface area contributed by atoms with Crippen LogP contribution in [0.5, 0.6) is 0 Å². The van der Waals surface area contributed by atoms with E-state index < -0.39 is 5.97 Å². The van der Waals surface area contributed by atoms with E-state index in [4.69, 9.17) is 10.8 Å². The maximum absolute atomic E-state index is 10.2. The summed E-state index contributed by atoms with van der Waals surface area (Å²) in [5.74, 6) is -0.353. The Labute approximate surface area is 69.8 Å². The zero-order valence-corrected chi connectivity index (χ0v) is 6.60. The van der Waals surface area contributed by atoms with Gasteiger partial charge in [0.15, 0.2) is 5.95 Å². The third-order valence-corrected chi connectivity index (χ3v) is 1.54. The van der Waals surface area contributed by atoms with Crippen molar-refractivity contribution in [1.82, 2.24) is 9.55 Å². The molecule has 1 rings (SSSR count). The monoisotopic (exact) mass is 169 g/mol. The summed E-state index contributed by atoms with van der Waals surface area (Å²) in [5.41, 5.74) is 5.46. The normalized spacial score (nSPS) is 10.0. The van der Waals surface area contributed by atoms with Crippen molar-refractivity contribution in [2.45, 2.75) is 19.4 Å². The highest BCUT2D eigenvalue weighted by atomic mass is 16.4. The van der Waals surface area contributed by atoms with E-state index in [0.717, 1.165) is 0 Å². The van der Waals surface area contributed by atoms with Crippen LogP contribution in [0.3, 0.4) is 0 Å². The van der Waals surface area contributed by atoms with Crippen molar-refractivity contribution < 1.29 is 9.90 Å². The number of aromatic nitrogens is 2. The number of aliphatic carboxylic acids is 1. The molecule has 0 aromatic carbocycles. The zero-order valence-electron chi connectivity index (χ0n) is 6.60. The first-order valence-electron chi connectivity index (χ1n) is 3.68. The summed E-state index contributed by atoms with van der Waals surface area (Å²) in [4.78, 5) is 14.0. The van der Waals surface area contributed by atoms with Crippen LogP contribution in [0.25, 0.3) is 0 Å². The molecule has 5 nitrogen and oxygen atoms in total. The predicted octanol–water partition coefficient (Wildman–Crippen LogP) is 0.330. The SMILES string of the molecule is Nc1nccn1CCCC(=O)O. The number of carboxylic acid groups (broad SMARTS) is 1. The van der Waals surface area contributed by atoms with Crippen LogP contribution < -0.4 is 5.73 Å². The predicted molar refractivity (Wildman–Crippen MR) is 43.5 cm³/mol. The van der Waals surface area contributed by atoms with E-state index in [1.165, 1.54) is 0 Å². The minimum atomic E-state index is -0.784. The summed E-state index contributed by atoms with van der Waals surface area (Å²) in [7, 11) is 0. The molecule has 0 aliphatic heterocycles. The average Bonchev–Trinajstić information content (AvgIpc) is 2.36. The van der Waals surface area contributed by atoms with Gasteiger partial charge in [0.1, 0.15) is 0 Å². The van der Waals surface area contributed by atoms with Gasteiger partial charge in [0.05, 0.1) is 0 Å². The second-order valence-corrected chi connectivity index (χ2v) is 2.48. The van der Waals surface area contributed by atoms with Gasteiger partial charge in [-0.1, -0.05) is 0 Å². The van der Waals surface area contributed by atoms with Gasteiger partial charge in [-0.25, -0.2) is 4.98 Å². The van der Waals surface area contributed by atoms with Crippen LogP contribution in [0.1, 0.15) is 12.8 Å². The maximum Gasteiger partial charge on any atom is 0.303 e. The number of anilines is 1. The number of rotatable bonds is 4. The summed E-state index contributed by atoms with van der Waals surface area (Å²) in [6.45, 7) is 0.609. The van der Waals surface area contributed by atoms with Gasteiger partial charge in [0, 0.05) is 25.4 Å². The Morgan fingerprint density at radius 3 is 3.00 bits per heavy atom. The molecule has 5 heteroatoms. The zero-order chi connectivity index (χ0) is 8.97. The summed E-state index contributed by atoms with van der Waals surface area (Å²) in [6.07, 6.45) is 4.07. The molecule has 66 valence electrons. The van der Waals surface area contributed by atoms with Crippen molar-refractivity contribution in [3.8, 4) is 0 Å². The Morgan fingerprint density at radius 2 is 2.50 bits per heavy atom. The summed E-state index contributed by atoms with van der Waals surface area (Å²) >= 11 is 0. The first-order chi connectivity index (χ1) is 5.70. The lowest BCUT2D eigenvalue weighted by Gasteiger charge is -2.01. The van der Waals surface area contributed by atoms with E-state index >= 15 is 0 Å². The van der Waals surface area contributed by atoms with Gasteiger partial charge in [-0.3, -0.25) is 4.79 Å². The van der Waals surface area contributed by atoms with Crippen LogP contribution in [-0.2, 0) is 11.3 Å². The molecular formula is C7H11N3O2. The van der Waals surface area contributed by atoms with Crippen LogP contribution in [0, 0.1) is 0 Å². The van der Waals surface area contributed by atoms with Crippen LogP contribution >= 0.6 is 0 Å². The van der Waals surface area contributed by atoms with Crippen molar-refractivity contribution in [1.29, 1.82) is 0 Å². The molecule has 0 saturated carbocycles. The number of nitrogens with zero attached hydrogens (tertiary/aromatic N) is 2. The minimum absolute atomic E-state index is 0.164. The maximum atomic E-state index is 10.2. The lowest BCUT2D eigenvalue weighted by Crippen LogP contribution is -2.04. The molecule has 0 saturated heterocycles. The van der Waals surface area contributed by atoms with Crippen molar-refractivity contribution in [3.63, 3.8) is 0 Å². The standard InChI is InChI=1S/C7H11N3O2/c8-7-9-3-5-10(7)4-1-2-6(11)12/h3,5H,1-2,4H2,(H2,8,9)(H,11,12). The first-order valence-corrected chi connectivity index (χ1v) is 3.68. The fraction of sp³-hybridized carbons (Fsp3) is 0.429. The van der Waals surface area contributed by atoms with Gasteiger partial charge in [0.25, 0.3) is 0 Å². The van der Waals surface area contributed by atoms with Gasteiger partial charge in [-0.05, 0) is 6.42 Å². The third kappa shape index (κ3) is 2.26. The topological polar surface area (TPSA) is 81.1 Å². The van der Waals surface area contributed by atoms with Gasteiger partial charge in [0.2, 0.25) is 0 Å². The Balaban J connectivity index is 2.33. The van der Waals surface area contributed by atoms with Gasteiger partial charge >= 0.3 is 5.97 Å². The lowest BCUT2D eigenvalue weighted by molar-refractivity contribution is -0.137. The highest BCUT2D eigenvalue weighted by Gasteiger charge is 1.99. The fourth-order valence-corrected chi connectivity index (χ4v) is 0.930. The molecular weight excluding hydrogens is 158 g/mol. The van der Waals surface area contributed by atoms with Gasteiger partial charge in [-0.15, -0.1) is 0 Å². The van der Waals surface area contributed by atoms with E-state index in [1.54, 1.807) is 17.0 Å². The molecule has 0 amide bonds. The Bertz CT molecular complexity index is 269. The molecule has 1 aromatic rings. The molecule has 0 radical (unpaired) electrons. The highest BCUT2D eigenvalue weighted by molar-refractivity contribution is 5.66. The number of hydrogen-bond acceptors (Lipinski definition) is 3. The number of carboxylic acids is 1. The first kappa shape index (κ1) is 8.58. The molecule has 0 aliphatic rings. The third-order valence-electron chi connectivity index (χ3n) is 1.54. The number of carbonyl (C=O) groups is 1. The van der Waals surface area contributed by atoms with Gasteiger partial charge < -0.3 is 15.4 Å². The Hall–Kier alpha value is -1.52. The van der Waals surface area contributed by atoms with Crippen molar-refractivity contribution >= 4 is 11.9 Å². The number of nitrogen functional groups attached to an aromatic ring is 1. The number of nitrogens with two attached hydrogens (primary N) is 1. The second-order valence-electron chi connectivity index (χ2n) is 2.48. The van der Waals surface area contributed by atoms with Crippen LogP contribution in [-0.4, -0.2) is 20.6 Å². The number of aryl methyl sites for hydroxylation is 1.